The van der Waals surface area contributed by atoms with E-state index in [4.69, 9.17) is 5.84 Å². The van der Waals surface area contributed by atoms with E-state index in [1.807, 2.05) is 30.5 Å². The van der Waals surface area contributed by atoms with Gasteiger partial charge in [0, 0.05) is 23.5 Å². The van der Waals surface area contributed by atoms with E-state index in [1.165, 1.54) is 0 Å². The summed E-state index contributed by atoms with van der Waals surface area (Å²) in [5.74, 6) is 4.99. The number of amides is 3. The monoisotopic (exact) mass is 258 g/mol. The Morgan fingerprint density at radius 2 is 2.05 bits per heavy atom. The largest absolute Gasteiger partial charge is 0.361 e. The van der Waals surface area contributed by atoms with Gasteiger partial charge >= 0.3 is 6.03 Å². The van der Waals surface area contributed by atoms with Crippen LogP contribution in [0.4, 0.5) is 4.79 Å². The molecule has 4 N–H and O–H groups in total. The third-order valence-corrected chi connectivity index (χ3v) is 3.51. The third kappa shape index (κ3) is 1.68. The Bertz CT molecular complexity index is 678. The van der Waals surface area contributed by atoms with E-state index in [2.05, 4.69) is 10.3 Å². The topological polar surface area (TPSA) is 91.2 Å². The van der Waals surface area contributed by atoms with E-state index in [1.54, 1.807) is 6.92 Å². The van der Waals surface area contributed by atoms with Crippen molar-refractivity contribution in [2.45, 2.75) is 18.9 Å². The van der Waals surface area contributed by atoms with Crippen molar-refractivity contribution in [1.29, 1.82) is 0 Å². The average molecular weight is 258 g/mol. The Labute approximate surface area is 109 Å². The number of carbonyl (C=O) groups is 2. The number of aromatic nitrogens is 1. The van der Waals surface area contributed by atoms with Crippen LogP contribution in [-0.4, -0.2) is 27.5 Å². The number of urea groups is 1. The van der Waals surface area contributed by atoms with Gasteiger partial charge in [-0.1, -0.05) is 18.2 Å². The summed E-state index contributed by atoms with van der Waals surface area (Å²) in [5, 5.41) is 4.31. The number of nitrogens with two attached hydrogens (primary N) is 1. The van der Waals surface area contributed by atoms with Crippen LogP contribution in [0.25, 0.3) is 10.9 Å². The van der Waals surface area contributed by atoms with Gasteiger partial charge in [0.05, 0.1) is 0 Å². The number of hydrazine groups is 1. The second-order valence-electron chi connectivity index (χ2n) is 4.97. The van der Waals surface area contributed by atoms with E-state index in [9.17, 15) is 9.59 Å². The maximum atomic E-state index is 12.0. The zero-order valence-corrected chi connectivity index (χ0v) is 10.4. The second kappa shape index (κ2) is 3.83. The highest BCUT2D eigenvalue weighted by Crippen LogP contribution is 2.25. The van der Waals surface area contributed by atoms with Crippen LogP contribution in [0, 0.1) is 0 Å². The number of carbonyl (C=O) groups excluding carboxylic acids is 2. The number of aromatic amines is 1. The first-order valence-electron chi connectivity index (χ1n) is 5.98. The molecule has 0 spiro atoms. The van der Waals surface area contributed by atoms with Gasteiger partial charge in [0.15, 0.2) is 0 Å². The molecule has 0 saturated carbocycles. The Kier molecular flexibility index (Phi) is 2.36. The molecule has 98 valence electrons. The molecule has 1 aromatic carbocycles. The van der Waals surface area contributed by atoms with Gasteiger partial charge in [-0.3, -0.25) is 4.79 Å². The molecule has 0 bridgehead atoms. The summed E-state index contributed by atoms with van der Waals surface area (Å²) in [7, 11) is 0. The van der Waals surface area contributed by atoms with Crippen LogP contribution in [0.15, 0.2) is 30.5 Å². The maximum absolute atomic E-state index is 12.0. The lowest BCUT2D eigenvalue weighted by Gasteiger charge is -2.20. The number of rotatable bonds is 2. The average Bonchev–Trinajstić information content (AvgIpc) is 2.87. The minimum atomic E-state index is -0.989. The van der Waals surface area contributed by atoms with Gasteiger partial charge in [-0.15, -0.1) is 0 Å². The Balaban J connectivity index is 1.97. The maximum Gasteiger partial charge on any atom is 0.339 e. The first-order chi connectivity index (χ1) is 9.01. The lowest BCUT2D eigenvalue weighted by atomic mass is 9.93. The summed E-state index contributed by atoms with van der Waals surface area (Å²) in [6.07, 6.45) is 2.25. The van der Waals surface area contributed by atoms with Crippen molar-refractivity contribution in [3.63, 3.8) is 0 Å². The van der Waals surface area contributed by atoms with Crippen molar-refractivity contribution < 1.29 is 9.59 Å². The molecule has 1 unspecified atom stereocenters. The summed E-state index contributed by atoms with van der Waals surface area (Å²) >= 11 is 0. The van der Waals surface area contributed by atoms with Crippen molar-refractivity contribution in [3.05, 3.63) is 36.0 Å². The molecule has 6 heteroatoms. The van der Waals surface area contributed by atoms with Gasteiger partial charge in [-0.25, -0.2) is 10.6 Å². The number of para-hydroxylation sites is 1. The number of fused-ring (bicyclic) bond motifs is 1. The van der Waals surface area contributed by atoms with Crippen molar-refractivity contribution in [1.82, 2.24) is 15.3 Å². The Morgan fingerprint density at radius 1 is 1.32 bits per heavy atom. The molecular formula is C13H14N4O2. The number of nitrogens with one attached hydrogen (secondary N) is 2. The molecule has 1 atom stereocenters. The van der Waals surface area contributed by atoms with Gasteiger partial charge in [0.2, 0.25) is 0 Å². The van der Waals surface area contributed by atoms with Gasteiger partial charge < -0.3 is 10.3 Å². The number of hydrogen-bond donors (Lipinski definition) is 3. The molecule has 2 aromatic rings. The molecule has 1 aliphatic heterocycles. The van der Waals surface area contributed by atoms with Crippen LogP contribution in [-0.2, 0) is 11.2 Å². The SMILES string of the molecule is CC1(Cc2c[nH]c3ccccc23)NC(=O)N(N)C1=O. The highest BCUT2D eigenvalue weighted by Gasteiger charge is 2.47. The van der Waals surface area contributed by atoms with Crippen molar-refractivity contribution in [2.24, 2.45) is 5.84 Å². The lowest BCUT2D eigenvalue weighted by molar-refractivity contribution is -0.130. The molecule has 0 radical (unpaired) electrons. The molecule has 1 saturated heterocycles. The van der Waals surface area contributed by atoms with Crippen LogP contribution in [0.5, 0.6) is 0 Å². The zero-order valence-electron chi connectivity index (χ0n) is 10.4. The number of imide groups is 1. The van der Waals surface area contributed by atoms with Crippen LogP contribution < -0.4 is 11.2 Å². The van der Waals surface area contributed by atoms with Crippen molar-refractivity contribution in [2.75, 3.05) is 0 Å². The quantitative estimate of drug-likeness (QED) is 0.424. The predicted molar refractivity (Wildman–Crippen MR) is 70.0 cm³/mol. The molecule has 1 fully saturated rings. The minimum absolute atomic E-state index is 0.398. The van der Waals surface area contributed by atoms with E-state index in [0.29, 0.717) is 11.4 Å². The molecule has 3 amide bonds. The smallest absolute Gasteiger partial charge is 0.339 e. The van der Waals surface area contributed by atoms with Crippen LogP contribution in [0.1, 0.15) is 12.5 Å². The summed E-state index contributed by atoms with van der Waals surface area (Å²) < 4.78 is 0. The fourth-order valence-corrected chi connectivity index (χ4v) is 2.49. The minimum Gasteiger partial charge on any atom is -0.361 e. The fourth-order valence-electron chi connectivity index (χ4n) is 2.49. The van der Waals surface area contributed by atoms with E-state index in [-0.39, 0.29) is 0 Å². The van der Waals surface area contributed by atoms with E-state index >= 15 is 0 Å². The Morgan fingerprint density at radius 3 is 2.74 bits per heavy atom. The molecule has 0 aliphatic carbocycles. The van der Waals surface area contributed by atoms with Gasteiger partial charge in [0.25, 0.3) is 5.91 Å². The van der Waals surface area contributed by atoms with Crippen LogP contribution >= 0.6 is 0 Å². The van der Waals surface area contributed by atoms with Gasteiger partial charge in [-0.2, -0.15) is 5.01 Å². The normalized spacial score (nSPS) is 23.2. The van der Waals surface area contributed by atoms with Gasteiger partial charge in [0.1, 0.15) is 5.54 Å². The molecule has 19 heavy (non-hydrogen) atoms. The first kappa shape index (κ1) is 11.7. The summed E-state index contributed by atoms with van der Waals surface area (Å²) in [5.41, 5.74) is 0.987. The van der Waals surface area contributed by atoms with Crippen LogP contribution in [0.3, 0.4) is 0 Å². The highest BCUT2D eigenvalue weighted by molar-refractivity contribution is 6.06. The van der Waals surface area contributed by atoms with Crippen molar-refractivity contribution in [3.8, 4) is 0 Å². The highest BCUT2D eigenvalue weighted by atomic mass is 16.2. The zero-order chi connectivity index (χ0) is 13.6. The number of nitrogens with zero attached hydrogens (tertiary/aromatic N) is 1. The first-order valence-corrected chi connectivity index (χ1v) is 5.98. The predicted octanol–water partition coefficient (Wildman–Crippen LogP) is 0.895. The summed E-state index contributed by atoms with van der Waals surface area (Å²) in [6, 6.07) is 7.25. The third-order valence-electron chi connectivity index (χ3n) is 3.51. The van der Waals surface area contributed by atoms with E-state index < -0.39 is 17.5 Å². The second-order valence-corrected chi connectivity index (χ2v) is 4.97. The number of benzene rings is 1. The van der Waals surface area contributed by atoms with E-state index in [0.717, 1.165) is 16.5 Å². The molecule has 1 aliphatic rings. The number of hydrogen-bond acceptors (Lipinski definition) is 3. The summed E-state index contributed by atoms with van der Waals surface area (Å²) in [6.45, 7) is 1.68. The fraction of sp³-hybridized carbons (Fsp3) is 0.231. The number of H-pyrrole nitrogens is 1. The lowest BCUT2D eigenvalue weighted by Crippen LogP contribution is -2.46. The molecule has 6 nitrogen and oxygen atoms in total. The molecule has 3 rings (SSSR count). The molecule has 2 heterocycles. The Hall–Kier alpha value is -2.34. The summed E-state index contributed by atoms with van der Waals surface area (Å²) in [4.78, 5) is 26.6. The van der Waals surface area contributed by atoms with Crippen LogP contribution in [0.2, 0.25) is 0 Å². The molecule has 1 aromatic heterocycles. The molecular weight excluding hydrogens is 244 g/mol. The van der Waals surface area contributed by atoms with Crippen molar-refractivity contribution >= 4 is 22.8 Å². The van der Waals surface area contributed by atoms with Gasteiger partial charge in [-0.05, 0) is 18.6 Å². The standard InChI is InChI=1S/C13H14N4O2/c1-13(11(18)17(14)12(19)16-13)6-8-7-15-10-5-3-2-4-9(8)10/h2-5,7,15H,6,14H2,1H3,(H,16,19).